The minimum Gasteiger partial charge on any atom is -0.349 e. The third kappa shape index (κ3) is 5.63. The Kier molecular flexibility index (Phi) is 7.45. The molecule has 1 aliphatic carbocycles. The SMILES string of the molecule is CN(C)C(=O)/C=C/CCCC(=O)Nc1cccn(Cc2cc3c(n2C)CCC(F)=C3)c1=O. The molecule has 3 rings (SSSR count). The van der Waals surface area contributed by atoms with Crippen molar-refractivity contribution < 1.29 is 14.0 Å². The predicted octanol–water partition coefficient (Wildman–Crippen LogP) is 3.24. The van der Waals surface area contributed by atoms with E-state index in [2.05, 4.69) is 5.32 Å². The van der Waals surface area contributed by atoms with Crippen molar-refractivity contribution in [2.24, 2.45) is 7.05 Å². The van der Waals surface area contributed by atoms with Crippen molar-refractivity contribution in [2.75, 3.05) is 19.4 Å². The van der Waals surface area contributed by atoms with Crippen LogP contribution in [0.4, 0.5) is 10.1 Å². The highest BCUT2D eigenvalue weighted by molar-refractivity contribution is 5.90. The van der Waals surface area contributed by atoms with Crippen LogP contribution in [0.2, 0.25) is 0 Å². The average molecular weight is 441 g/mol. The van der Waals surface area contributed by atoms with Crippen LogP contribution in [-0.4, -0.2) is 39.9 Å². The Morgan fingerprint density at radius 1 is 1.28 bits per heavy atom. The number of fused-ring (bicyclic) bond motifs is 1. The second kappa shape index (κ2) is 10.3. The summed E-state index contributed by atoms with van der Waals surface area (Å²) in [5, 5.41) is 2.69. The van der Waals surface area contributed by atoms with Gasteiger partial charge >= 0.3 is 0 Å². The molecule has 0 saturated carbocycles. The topological polar surface area (TPSA) is 76.3 Å². The number of carbonyl (C=O) groups is 2. The maximum Gasteiger partial charge on any atom is 0.274 e. The van der Waals surface area contributed by atoms with Gasteiger partial charge in [0.1, 0.15) is 11.5 Å². The quantitative estimate of drug-likeness (QED) is 0.506. The summed E-state index contributed by atoms with van der Waals surface area (Å²) in [6.45, 7) is 0.326. The number of hydrogen-bond acceptors (Lipinski definition) is 3. The smallest absolute Gasteiger partial charge is 0.274 e. The van der Waals surface area contributed by atoms with Gasteiger partial charge in [-0.3, -0.25) is 14.4 Å². The molecule has 2 heterocycles. The van der Waals surface area contributed by atoms with Gasteiger partial charge in [-0.05, 0) is 55.2 Å². The van der Waals surface area contributed by atoms with Gasteiger partial charge in [-0.2, -0.15) is 0 Å². The molecule has 1 aliphatic rings. The number of aromatic nitrogens is 2. The Labute approximate surface area is 186 Å². The molecular weight excluding hydrogens is 411 g/mol. The summed E-state index contributed by atoms with van der Waals surface area (Å²) in [6, 6.07) is 5.20. The number of nitrogens with one attached hydrogen (secondary N) is 1. The molecule has 32 heavy (non-hydrogen) atoms. The molecule has 0 saturated heterocycles. The molecule has 0 spiro atoms. The second-order valence-electron chi connectivity index (χ2n) is 8.12. The predicted molar refractivity (Wildman–Crippen MR) is 123 cm³/mol. The van der Waals surface area contributed by atoms with E-state index in [1.165, 1.54) is 15.5 Å². The van der Waals surface area contributed by atoms with Crippen LogP contribution >= 0.6 is 0 Å². The Morgan fingerprint density at radius 2 is 2.06 bits per heavy atom. The number of rotatable bonds is 8. The lowest BCUT2D eigenvalue weighted by molar-refractivity contribution is -0.123. The summed E-state index contributed by atoms with van der Waals surface area (Å²) >= 11 is 0. The lowest BCUT2D eigenvalue weighted by atomic mass is 10.0. The number of halogens is 1. The van der Waals surface area contributed by atoms with Crippen LogP contribution in [0.3, 0.4) is 0 Å². The van der Waals surface area contributed by atoms with Gasteiger partial charge in [0.25, 0.3) is 5.56 Å². The van der Waals surface area contributed by atoms with Crippen molar-refractivity contribution in [1.29, 1.82) is 0 Å². The van der Waals surface area contributed by atoms with E-state index in [0.717, 1.165) is 17.0 Å². The van der Waals surface area contributed by atoms with E-state index in [-0.39, 0.29) is 35.3 Å². The third-order valence-electron chi connectivity index (χ3n) is 5.51. The molecule has 7 nitrogen and oxygen atoms in total. The highest BCUT2D eigenvalue weighted by Crippen LogP contribution is 2.27. The van der Waals surface area contributed by atoms with Crippen LogP contribution in [0.1, 0.15) is 42.6 Å². The van der Waals surface area contributed by atoms with Gasteiger partial charge in [-0.25, -0.2) is 4.39 Å². The molecule has 1 N–H and O–H groups in total. The van der Waals surface area contributed by atoms with Gasteiger partial charge in [0, 0.05) is 51.6 Å². The van der Waals surface area contributed by atoms with Gasteiger partial charge in [0.05, 0.1) is 6.54 Å². The normalized spacial score (nSPS) is 13.1. The van der Waals surface area contributed by atoms with Crippen molar-refractivity contribution in [3.63, 3.8) is 0 Å². The van der Waals surface area contributed by atoms with Crippen molar-refractivity contribution in [3.8, 4) is 0 Å². The minimum absolute atomic E-state index is 0.0977. The van der Waals surface area contributed by atoms with Gasteiger partial charge in [-0.1, -0.05) is 6.08 Å². The van der Waals surface area contributed by atoms with Crippen LogP contribution in [0.5, 0.6) is 0 Å². The Bertz CT molecular complexity index is 1120. The maximum absolute atomic E-state index is 13.6. The summed E-state index contributed by atoms with van der Waals surface area (Å²) in [7, 11) is 5.27. The lowest BCUT2D eigenvalue weighted by Crippen LogP contribution is -2.26. The number of pyridine rings is 1. The van der Waals surface area contributed by atoms with E-state index >= 15 is 0 Å². The van der Waals surface area contributed by atoms with Crippen molar-refractivity contribution in [3.05, 3.63) is 69.7 Å². The van der Waals surface area contributed by atoms with Gasteiger partial charge in [0.15, 0.2) is 0 Å². The molecule has 0 radical (unpaired) electrons. The maximum atomic E-state index is 13.6. The zero-order valence-electron chi connectivity index (χ0n) is 18.7. The largest absolute Gasteiger partial charge is 0.349 e. The van der Waals surface area contributed by atoms with E-state index < -0.39 is 0 Å². The number of unbranched alkanes of at least 4 members (excludes halogenated alkanes) is 1. The first-order valence-electron chi connectivity index (χ1n) is 10.7. The zero-order valence-corrected chi connectivity index (χ0v) is 18.7. The molecule has 0 atom stereocenters. The molecule has 2 amide bonds. The minimum atomic E-state index is -0.293. The molecule has 0 unspecified atom stereocenters. The monoisotopic (exact) mass is 440 g/mol. The van der Waals surface area contributed by atoms with Crippen LogP contribution < -0.4 is 10.9 Å². The van der Waals surface area contributed by atoms with Crippen molar-refractivity contribution >= 4 is 23.6 Å². The Morgan fingerprint density at radius 3 is 2.81 bits per heavy atom. The van der Waals surface area contributed by atoms with Crippen LogP contribution in [-0.2, 0) is 29.6 Å². The molecular formula is C24H29FN4O3. The Balaban J connectivity index is 1.61. The molecule has 0 fully saturated rings. The number of nitrogens with zero attached hydrogens (tertiary/aromatic N) is 3. The van der Waals surface area contributed by atoms with E-state index in [0.29, 0.717) is 32.2 Å². The van der Waals surface area contributed by atoms with Crippen LogP contribution in [0.25, 0.3) is 6.08 Å². The van der Waals surface area contributed by atoms with Gasteiger partial charge in [0.2, 0.25) is 11.8 Å². The average Bonchev–Trinajstić information content (AvgIpc) is 3.04. The molecule has 8 heteroatoms. The number of anilines is 1. The number of likely N-dealkylation sites (N-methyl/N-ethyl adjacent to an activating group) is 1. The first-order chi connectivity index (χ1) is 15.3. The van der Waals surface area contributed by atoms with E-state index in [9.17, 15) is 18.8 Å². The first kappa shape index (κ1) is 23.2. The summed E-state index contributed by atoms with van der Waals surface area (Å²) in [5.41, 5.74) is 2.73. The van der Waals surface area contributed by atoms with Crippen molar-refractivity contribution in [2.45, 2.75) is 38.6 Å². The van der Waals surface area contributed by atoms with E-state index in [1.807, 2.05) is 17.7 Å². The molecule has 0 aliphatic heterocycles. The lowest BCUT2D eigenvalue weighted by Gasteiger charge is -2.12. The molecule has 0 aromatic carbocycles. The van der Waals surface area contributed by atoms with Gasteiger partial charge < -0.3 is 19.4 Å². The summed E-state index contributed by atoms with van der Waals surface area (Å²) in [4.78, 5) is 38.0. The summed E-state index contributed by atoms with van der Waals surface area (Å²) in [5.74, 6) is -0.474. The Hall–Kier alpha value is -3.42. The van der Waals surface area contributed by atoms with E-state index in [1.54, 1.807) is 44.6 Å². The fraction of sp³-hybridized carbons (Fsp3) is 0.375. The zero-order chi connectivity index (χ0) is 23.3. The van der Waals surface area contributed by atoms with Crippen LogP contribution in [0, 0.1) is 0 Å². The standard InChI is InChI=1S/C24H29FN4O3/c1-27(2)23(31)10-6-4-5-9-22(30)26-20-8-7-13-29(24(20)32)16-19-15-17-14-18(25)11-12-21(17)28(19)3/h6-8,10,13-15H,4-5,9,11-12,16H2,1-3H3,(H,26,30)/b10-6+. The highest BCUT2D eigenvalue weighted by atomic mass is 19.1. The highest BCUT2D eigenvalue weighted by Gasteiger charge is 2.17. The van der Waals surface area contributed by atoms with E-state index in [4.69, 9.17) is 0 Å². The fourth-order valence-electron chi connectivity index (χ4n) is 3.65. The summed E-state index contributed by atoms with van der Waals surface area (Å²) < 4.78 is 17.1. The number of allylic oxidation sites excluding steroid dienone is 2. The fourth-order valence-corrected chi connectivity index (χ4v) is 3.65. The second-order valence-corrected chi connectivity index (χ2v) is 8.12. The third-order valence-corrected chi connectivity index (χ3v) is 5.51. The number of hydrogen-bond donors (Lipinski definition) is 1. The molecule has 2 aromatic rings. The molecule has 2 aromatic heterocycles. The number of carbonyl (C=O) groups excluding carboxylic acids is 2. The van der Waals surface area contributed by atoms with Gasteiger partial charge in [-0.15, -0.1) is 0 Å². The number of amides is 2. The molecule has 170 valence electrons. The summed E-state index contributed by atoms with van der Waals surface area (Å²) in [6.07, 6.45) is 8.90. The van der Waals surface area contributed by atoms with Crippen LogP contribution in [0.15, 0.2) is 47.2 Å². The van der Waals surface area contributed by atoms with Crippen molar-refractivity contribution in [1.82, 2.24) is 14.0 Å². The first-order valence-corrected chi connectivity index (χ1v) is 10.7. The molecule has 0 bridgehead atoms.